The van der Waals surface area contributed by atoms with Crippen LogP contribution in [0, 0.1) is 5.92 Å². The lowest BCUT2D eigenvalue weighted by Gasteiger charge is -2.13. The highest BCUT2D eigenvalue weighted by Gasteiger charge is 2.17. The number of carbonyl (C=O) groups excluding carboxylic acids is 1. The molecule has 2 aromatic carbocycles. The molecule has 7 nitrogen and oxygen atoms in total. The van der Waals surface area contributed by atoms with Crippen molar-refractivity contribution in [3.63, 3.8) is 0 Å². The monoisotopic (exact) mass is 440 g/mol. The van der Waals surface area contributed by atoms with Crippen molar-refractivity contribution in [1.82, 2.24) is 4.72 Å². The van der Waals surface area contributed by atoms with Crippen LogP contribution >= 0.6 is 11.6 Å². The number of nitrogens with one attached hydrogen (secondary N) is 2. The molecule has 9 heteroatoms. The van der Waals surface area contributed by atoms with Crippen LogP contribution < -0.4 is 19.5 Å². The molecule has 0 aliphatic carbocycles. The number of amides is 1. The van der Waals surface area contributed by atoms with Gasteiger partial charge in [-0.05, 0) is 43.2 Å². The summed E-state index contributed by atoms with van der Waals surface area (Å²) in [6.45, 7) is 6.17. The Labute approximate surface area is 176 Å². The molecule has 0 saturated carbocycles. The molecule has 0 fully saturated rings. The van der Waals surface area contributed by atoms with Crippen LogP contribution in [0.4, 0.5) is 5.69 Å². The maximum Gasteiger partial charge on any atom is 0.262 e. The molecule has 2 N–H and O–H groups in total. The lowest BCUT2D eigenvalue weighted by molar-refractivity contribution is -0.118. The first-order chi connectivity index (χ1) is 13.7. The van der Waals surface area contributed by atoms with E-state index in [9.17, 15) is 13.2 Å². The van der Waals surface area contributed by atoms with Gasteiger partial charge < -0.3 is 14.8 Å². The smallest absolute Gasteiger partial charge is 0.262 e. The largest absolute Gasteiger partial charge is 0.492 e. The molecule has 0 radical (unpaired) electrons. The van der Waals surface area contributed by atoms with E-state index < -0.39 is 15.9 Å². The average molecular weight is 441 g/mol. The fourth-order valence-electron chi connectivity index (χ4n) is 2.31. The number of hydrogen-bond donors (Lipinski definition) is 2. The summed E-state index contributed by atoms with van der Waals surface area (Å²) in [7, 11) is -3.66. The van der Waals surface area contributed by atoms with Crippen LogP contribution in [0.15, 0.2) is 47.4 Å². The maximum atomic E-state index is 12.3. The summed E-state index contributed by atoms with van der Waals surface area (Å²) in [4.78, 5) is 12.2. The third-order valence-corrected chi connectivity index (χ3v) is 5.43. The molecule has 0 aromatic heterocycles. The molecule has 0 aliphatic rings. The molecule has 0 spiro atoms. The van der Waals surface area contributed by atoms with E-state index in [0.29, 0.717) is 24.6 Å². The van der Waals surface area contributed by atoms with Gasteiger partial charge in [0.2, 0.25) is 10.0 Å². The molecule has 2 aromatic rings. The van der Waals surface area contributed by atoms with Gasteiger partial charge in [-0.15, -0.1) is 0 Å². The van der Waals surface area contributed by atoms with Crippen LogP contribution in [0.25, 0.3) is 0 Å². The highest BCUT2D eigenvalue weighted by atomic mass is 35.5. The van der Waals surface area contributed by atoms with Crippen LogP contribution in [0.2, 0.25) is 5.02 Å². The molecule has 0 heterocycles. The highest BCUT2D eigenvalue weighted by molar-refractivity contribution is 7.89. The normalized spacial score (nSPS) is 11.3. The number of carbonyl (C=O) groups is 1. The van der Waals surface area contributed by atoms with Crippen LogP contribution in [0.1, 0.15) is 20.8 Å². The average Bonchev–Trinajstić information content (AvgIpc) is 2.67. The second-order valence-electron chi connectivity index (χ2n) is 6.60. The Balaban J connectivity index is 2.00. The quantitative estimate of drug-likeness (QED) is 0.587. The Bertz CT molecular complexity index is 948. The van der Waals surface area contributed by atoms with Crippen LogP contribution in [0.5, 0.6) is 11.5 Å². The fourth-order valence-corrected chi connectivity index (χ4v) is 3.85. The van der Waals surface area contributed by atoms with Gasteiger partial charge in [-0.25, -0.2) is 13.1 Å². The topological polar surface area (TPSA) is 93.7 Å². The van der Waals surface area contributed by atoms with Crippen molar-refractivity contribution in [3.8, 4) is 11.5 Å². The van der Waals surface area contributed by atoms with E-state index in [1.807, 2.05) is 26.8 Å². The molecule has 2 rings (SSSR count). The fraction of sp³-hybridized carbons (Fsp3) is 0.350. The predicted octanol–water partition coefficient (Wildman–Crippen LogP) is 3.69. The zero-order valence-electron chi connectivity index (χ0n) is 16.6. The van der Waals surface area contributed by atoms with Crippen molar-refractivity contribution >= 4 is 33.2 Å². The number of anilines is 1. The molecule has 0 saturated heterocycles. The molecular weight excluding hydrogens is 416 g/mol. The van der Waals surface area contributed by atoms with Gasteiger partial charge in [-0.3, -0.25) is 4.79 Å². The van der Waals surface area contributed by atoms with Crippen LogP contribution in [0.3, 0.4) is 0 Å². The van der Waals surface area contributed by atoms with Gasteiger partial charge in [0.15, 0.2) is 6.61 Å². The summed E-state index contributed by atoms with van der Waals surface area (Å²) < 4.78 is 37.9. The molecule has 158 valence electrons. The molecule has 0 atom stereocenters. The predicted molar refractivity (Wildman–Crippen MR) is 113 cm³/mol. The molecule has 0 unspecified atom stereocenters. The molecule has 0 aliphatic heterocycles. The van der Waals surface area contributed by atoms with Crippen molar-refractivity contribution in [2.75, 3.05) is 25.1 Å². The van der Waals surface area contributed by atoms with Gasteiger partial charge in [-0.1, -0.05) is 37.6 Å². The van der Waals surface area contributed by atoms with Crippen molar-refractivity contribution in [1.29, 1.82) is 0 Å². The Morgan fingerprint density at radius 2 is 1.83 bits per heavy atom. The van der Waals surface area contributed by atoms with Gasteiger partial charge in [0.1, 0.15) is 11.5 Å². The molecule has 1 amide bonds. The van der Waals surface area contributed by atoms with Crippen molar-refractivity contribution in [2.24, 2.45) is 5.92 Å². The Morgan fingerprint density at radius 1 is 1.10 bits per heavy atom. The van der Waals surface area contributed by atoms with E-state index >= 15 is 0 Å². The van der Waals surface area contributed by atoms with Gasteiger partial charge in [0.05, 0.1) is 22.2 Å². The first-order valence-corrected chi connectivity index (χ1v) is 11.0. The molecule has 29 heavy (non-hydrogen) atoms. The zero-order valence-corrected chi connectivity index (χ0v) is 18.1. The van der Waals surface area contributed by atoms with E-state index in [2.05, 4.69) is 10.0 Å². The second kappa shape index (κ2) is 10.5. The molecular formula is C20H25ClN2O5S. The van der Waals surface area contributed by atoms with E-state index in [0.717, 1.165) is 0 Å². The maximum absolute atomic E-state index is 12.3. The molecule has 0 bridgehead atoms. The summed E-state index contributed by atoms with van der Waals surface area (Å²) in [6, 6.07) is 11.2. The minimum absolute atomic E-state index is 0.0330. The third-order valence-electron chi connectivity index (χ3n) is 3.72. The van der Waals surface area contributed by atoms with Crippen LogP contribution in [-0.4, -0.2) is 34.1 Å². The number of halogens is 1. The number of hydrogen-bond acceptors (Lipinski definition) is 5. The SMILES string of the molecule is CCOc1ccccc1NC(=O)COc1ccc(S(=O)(=O)NCC(C)C)cc1Cl. The third kappa shape index (κ3) is 6.92. The van der Waals surface area contributed by atoms with Gasteiger partial charge in [0.25, 0.3) is 5.91 Å². The number of para-hydroxylation sites is 2. The second-order valence-corrected chi connectivity index (χ2v) is 8.78. The van der Waals surface area contributed by atoms with Crippen molar-refractivity contribution < 1.29 is 22.7 Å². The Morgan fingerprint density at radius 3 is 2.48 bits per heavy atom. The first kappa shape index (κ1) is 23.0. The summed E-state index contributed by atoms with van der Waals surface area (Å²) in [5.41, 5.74) is 0.534. The van der Waals surface area contributed by atoms with Crippen LogP contribution in [-0.2, 0) is 14.8 Å². The summed E-state index contributed by atoms with van der Waals surface area (Å²) in [6.07, 6.45) is 0. The lowest BCUT2D eigenvalue weighted by Crippen LogP contribution is -2.27. The van der Waals surface area contributed by atoms with E-state index in [1.54, 1.807) is 18.2 Å². The lowest BCUT2D eigenvalue weighted by atomic mass is 10.2. The van der Waals surface area contributed by atoms with E-state index in [4.69, 9.17) is 21.1 Å². The first-order valence-electron chi connectivity index (χ1n) is 9.16. The number of sulfonamides is 1. The number of ether oxygens (including phenoxy) is 2. The van der Waals surface area contributed by atoms with Crippen molar-refractivity contribution in [2.45, 2.75) is 25.7 Å². The summed E-state index contributed by atoms with van der Waals surface area (Å²) >= 11 is 6.14. The standard InChI is InChI=1S/C20H25ClN2O5S/c1-4-27-19-8-6-5-7-17(19)23-20(24)13-28-18-10-9-15(11-16(18)21)29(25,26)22-12-14(2)3/h5-11,14,22H,4,12-13H2,1-3H3,(H,23,24). The summed E-state index contributed by atoms with van der Waals surface area (Å²) in [5.74, 6) is 0.547. The van der Waals surface area contributed by atoms with Gasteiger partial charge in [0, 0.05) is 6.54 Å². The minimum Gasteiger partial charge on any atom is -0.492 e. The van der Waals surface area contributed by atoms with Gasteiger partial charge in [-0.2, -0.15) is 0 Å². The Hall–Kier alpha value is -2.29. The number of rotatable bonds is 10. The zero-order chi connectivity index (χ0) is 21.4. The van der Waals surface area contributed by atoms with Gasteiger partial charge >= 0.3 is 0 Å². The van der Waals surface area contributed by atoms with E-state index in [1.165, 1.54) is 18.2 Å². The van der Waals surface area contributed by atoms with E-state index in [-0.39, 0.29) is 28.2 Å². The van der Waals surface area contributed by atoms with Crippen molar-refractivity contribution in [3.05, 3.63) is 47.5 Å². The minimum atomic E-state index is -3.66. The Kier molecular flexibility index (Phi) is 8.31. The summed E-state index contributed by atoms with van der Waals surface area (Å²) in [5, 5.41) is 2.81. The number of benzene rings is 2. The highest BCUT2D eigenvalue weighted by Crippen LogP contribution is 2.28.